The van der Waals surface area contributed by atoms with Crippen LogP contribution in [0, 0.1) is 11.7 Å². The lowest BCUT2D eigenvalue weighted by Gasteiger charge is -2.37. The highest BCUT2D eigenvalue weighted by Gasteiger charge is 2.39. The van der Waals surface area contributed by atoms with Gasteiger partial charge in [-0.25, -0.2) is 12.8 Å². The fraction of sp³-hybridized carbons (Fsp3) is 0.600. The van der Waals surface area contributed by atoms with Crippen LogP contribution in [0.1, 0.15) is 62.0 Å². The van der Waals surface area contributed by atoms with Crippen molar-refractivity contribution in [2.75, 3.05) is 31.3 Å². The number of aromatic nitrogens is 1. The van der Waals surface area contributed by atoms with Crippen LogP contribution in [-0.4, -0.2) is 73.8 Å². The molecule has 42 heavy (non-hydrogen) atoms. The molecule has 4 N–H and O–H groups in total. The number of ether oxygens (including phenoxy) is 1. The zero-order valence-electron chi connectivity index (χ0n) is 24.0. The monoisotopic (exact) mass is 621 g/mol. The number of nitrogens with zero attached hydrogens (tertiary/aromatic N) is 2. The van der Waals surface area contributed by atoms with Crippen molar-refractivity contribution in [3.05, 3.63) is 58.6 Å². The van der Waals surface area contributed by atoms with Crippen LogP contribution in [0.15, 0.2) is 36.7 Å². The van der Waals surface area contributed by atoms with Gasteiger partial charge in [-0.1, -0.05) is 23.7 Å². The average molecular weight is 622 g/mol. The van der Waals surface area contributed by atoms with Crippen LogP contribution >= 0.6 is 11.6 Å². The van der Waals surface area contributed by atoms with Gasteiger partial charge in [-0.15, -0.1) is 0 Å². The first-order valence-electron chi connectivity index (χ1n) is 14.9. The van der Waals surface area contributed by atoms with Crippen LogP contribution in [0.2, 0.25) is 5.02 Å². The highest BCUT2D eigenvalue weighted by atomic mass is 35.5. The summed E-state index contributed by atoms with van der Waals surface area (Å²) in [5.41, 5.74) is 8.17. The number of anilines is 1. The largest absolute Gasteiger partial charge is 0.381 e. The van der Waals surface area contributed by atoms with Gasteiger partial charge >= 0.3 is 0 Å². The molecule has 1 unspecified atom stereocenters. The maximum atomic E-state index is 15.1. The Morgan fingerprint density at radius 3 is 2.67 bits per heavy atom. The molecule has 2 aromatic rings. The number of rotatable bonds is 9. The van der Waals surface area contributed by atoms with E-state index in [4.69, 9.17) is 22.1 Å². The molecule has 1 amide bonds. The SMILES string of the molecule is CO[C@H]1CC[C@H]([C@H](c2ccc(Cl)cc2)[C@H](N)C(=O)Nc2cncc(F)c2CC[C@H]2CN[C@@H]3CCCS(=O)(=O)N2C3)CC1. The van der Waals surface area contributed by atoms with E-state index in [0.29, 0.717) is 36.5 Å². The lowest BCUT2D eigenvalue weighted by atomic mass is 9.72. The third-order valence-electron chi connectivity index (χ3n) is 9.26. The summed E-state index contributed by atoms with van der Waals surface area (Å²) < 4.78 is 48.0. The van der Waals surface area contributed by atoms with Crippen molar-refractivity contribution < 1.29 is 22.3 Å². The molecule has 3 aliphatic rings. The predicted molar refractivity (Wildman–Crippen MR) is 161 cm³/mol. The molecule has 0 radical (unpaired) electrons. The second-order valence-corrected chi connectivity index (χ2v) is 14.3. The number of fused-ring (bicyclic) bond motifs is 2. The number of hydrogen-bond acceptors (Lipinski definition) is 7. The van der Waals surface area contributed by atoms with E-state index in [0.717, 1.165) is 43.9 Å². The van der Waals surface area contributed by atoms with Gasteiger partial charge in [-0.3, -0.25) is 9.78 Å². The van der Waals surface area contributed by atoms with Gasteiger partial charge in [0.25, 0.3) is 0 Å². The molecule has 2 bridgehead atoms. The van der Waals surface area contributed by atoms with E-state index in [-0.39, 0.29) is 47.9 Å². The number of benzene rings is 1. The fourth-order valence-electron chi connectivity index (χ4n) is 6.90. The highest BCUT2D eigenvalue weighted by Crippen LogP contribution is 2.39. The Kier molecular flexibility index (Phi) is 10.2. The number of nitrogens with two attached hydrogens (primary N) is 1. The number of sulfonamides is 1. The van der Waals surface area contributed by atoms with Gasteiger partial charge in [0.1, 0.15) is 5.82 Å². The maximum Gasteiger partial charge on any atom is 0.241 e. The van der Waals surface area contributed by atoms with Crippen molar-refractivity contribution in [3.8, 4) is 0 Å². The minimum absolute atomic E-state index is 0.131. The molecule has 1 aromatic heterocycles. The summed E-state index contributed by atoms with van der Waals surface area (Å²) in [6, 6.07) is 6.39. The second kappa shape index (κ2) is 13.7. The summed E-state index contributed by atoms with van der Waals surface area (Å²) in [7, 11) is -1.64. The van der Waals surface area contributed by atoms with Crippen molar-refractivity contribution in [1.29, 1.82) is 0 Å². The first-order valence-corrected chi connectivity index (χ1v) is 16.8. The van der Waals surface area contributed by atoms with Crippen LogP contribution in [0.5, 0.6) is 0 Å². The molecule has 1 aromatic carbocycles. The van der Waals surface area contributed by atoms with Gasteiger partial charge in [0, 0.05) is 48.8 Å². The zero-order chi connectivity index (χ0) is 29.9. The second-order valence-electron chi connectivity index (χ2n) is 11.8. The van der Waals surface area contributed by atoms with Crippen molar-refractivity contribution in [1.82, 2.24) is 14.6 Å². The lowest BCUT2D eigenvalue weighted by molar-refractivity contribution is -0.118. The standard InChI is InChI=1S/C30H41ClFN5O4S/c1-41-24-11-6-20(7-12-24)28(19-4-8-21(31)9-5-19)29(33)30(38)36-27-17-34-16-26(32)25(27)13-10-23-15-35-22-3-2-14-42(39,40)37(23)18-22/h4-5,8-9,16-17,20,22-24,28-29,35H,2-3,6-7,10-15,18,33H2,1H3,(H,36,38)/t20-,22-,23+,24-,28+,29+/m1/s1. The molecule has 3 fully saturated rings. The number of hydrogen-bond donors (Lipinski definition) is 3. The van der Waals surface area contributed by atoms with Gasteiger partial charge < -0.3 is 21.1 Å². The average Bonchev–Trinajstić information content (AvgIpc) is 3.10. The summed E-state index contributed by atoms with van der Waals surface area (Å²) >= 11 is 6.15. The molecule has 1 saturated carbocycles. The van der Waals surface area contributed by atoms with Crippen LogP contribution < -0.4 is 16.4 Å². The first-order chi connectivity index (χ1) is 20.2. The Morgan fingerprint density at radius 2 is 1.95 bits per heavy atom. The molecule has 2 aliphatic heterocycles. The van der Waals surface area contributed by atoms with Crippen molar-refractivity contribution >= 4 is 33.2 Å². The van der Waals surface area contributed by atoms with Gasteiger partial charge in [-0.05, 0) is 75.0 Å². The Hall–Kier alpha value is -2.15. The Bertz CT molecular complexity index is 1340. The van der Waals surface area contributed by atoms with Gasteiger partial charge in [0.05, 0.1) is 36.0 Å². The Morgan fingerprint density at radius 1 is 1.21 bits per heavy atom. The minimum atomic E-state index is -3.37. The number of amides is 1. The molecular weight excluding hydrogens is 581 g/mol. The summed E-state index contributed by atoms with van der Waals surface area (Å²) in [5, 5.41) is 6.91. The molecule has 2 saturated heterocycles. The number of carbonyl (C=O) groups is 1. The van der Waals surface area contributed by atoms with E-state index in [9.17, 15) is 13.2 Å². The molecule has 0 spiro atoms. The Balaban J connectivity index is 1.32. The van der Waals surface area contributed by atoms with Crippen molar-refractivity contribution in [2.45, 2.75) is 81.5 Å². The third kappa shape index (κ3) is 7.14. The van der Waals surface area contributed by atoms with Crippen LogP contribution in [0.4, 0.5) is 10.1 Å². The summed E-state index contributed by atoms with van der Waals surface area (Å²) in [6.07, 6.45) is 8.37. The third-order valence-corrected chi connectivity index (χ3v) is 11.5. The zero-order valence-corrected chi connectivity index (χ0v) is 25.5. The highest BCUT2D eigenvalue weighted by molar-refractivity contribution is 7.89. The molecule has 12 heteroatoms. The number of piperazine rings is 1. The van der Waals surface area contributed by atoms with Crippen LogP contribution in [-0.2, 0) is 26.0 Å². The molecular formula is C30H41ClFN5O4S. The van der Waals surface area contributed by atoms with Crippen molar-refractivity contribution in [3.63, 3.8) is 0 Å². The van der Waals surface area contributed by atoms with E-state index in [1.54, 1.807) is 23.5 Å². The number of nitrogens with one attached hydrogen (secondary N) is 2. The van der Waals surface area contributed by atoms with E-state index >= 15 is 4.39 Å². The molecule has 230 valence electrons. The predicted octanol–water partition coefficient (Wildman–Crippen LogP) is 3.83. The smallest absolute Gasteiger partial charge is 0.241 e. The summed E-state index contributed by atoms with van der Waals surface area (Å²) in [4.78, 5) is 17.6. The van der Waals surface area contributed by atoms with Gasteiger partial charge in [0.15, 0.2) is 0 Å². The first kappa shape index (κ1) is 31.3. The Labute approximate surface area is 252 Å². The molecule has 1 aliphatic carbocycles. The molecule has 5 atom stereocenters. The van der Waals surface area contributed by atoms with Gasteiger partial charge in [-0.2, -0.15) is 4.31 Å². The quantitative estimate of drug-likeness (QED) is 0.388. The summed E-state index contributed by atoms with van der Waals surface area (Å²) in [5.74, 6) is -0.934. The summed E-state index contributed by atoms with van der Waals surface area (Å²) in [6.45, 7) is 0.944. The van der Waals surface area contributed by atoms with Gasteiger partial charge in [0.2, 0.25) is 15.9 Å². The number of halogens is 2. The topological polar surface area (TPSA) is 127 Å². The number of methoxy groups -OCH3 is 1. The normalized spacial score (nSPS) is 28.8. The molecule has 9 nitrogen and oxygen atoms in total. The molecule has 5 rings (SSSR count). The van der Waals surface area contributed by atoms with Crippen molar-refractivity contribution in [2.24, 2.45) is 11.7 Å². The van der Waals surface area contributed by atoms with Crippen LogP contribution in [0.25, 0.3) is 0 Å². The lowest BCUT2D eigenvalue weighted by Crippen LogP contribution is -2.57. The minimum Gasteiger partial charge on any atom is -0.381 e. The van der Waals surface area contributed by atoms with E-state index in [1.807, 2.05) is 12.1 Å². The fourth-order valence-corrected chi connectivity index (χ4v) is 8.83. The van der Waals surface area contributed by atoms with E-state index in [1.165, 1.54) is 6.20 Å². The number of carbonyl (C=O) groups excluding carboxylic acids is 1. The number of pyridine rings is 1. The van der Waals surface area contributed by atoms with Crippen LogP contribution in [0.3, 0.4) is 0 Å². The molecule has 3 heterocycles. The van der Waals surface area contributed by atoms with E-state index in [2.05, 4.69) is 15.6 Å². The maximum absolute atomic E-state index is 15.1. The van der Waals surface area contributed by atoms with E-state index < -0.39 is 27.8 Å².